The lowest BCUT2D eigenvalue weighted by Crippen LogP contribution is -2.23. The molecular weight excluding hydrogens is 338 g/mol. The molecule has 0 aliphatic carbocycles. The molecule has 9 heteroatoms. The summed E-state index contributed by atoms with van der Waals surface area (Å²) in [6.45, 7) is 2.11. The number of ether oxygens (including phenoxy) is 1. The fraction of sp³-hybridized carbons (Fsp3) is 0.286. The number of hydrogen-bond donors (Lipinski definition) is 2. The first-order valence-electron chi connectivity index (χ1n) is 6.84. The van der Waals surface area contributed by atoms with E-state index in [0.29, 0.717) is 18.1 Å². The molecule has 0 aliphatic heterocycles. The molecule has 0 spiro atoms. The molecule has 0 saturated carbocycles. The average molecular weight is 355 g/mol. The predicted octanol–water partition coefficient (Wildman–Crippen LogP) is 1.60. The maximum absolute atomic E-state index is 12.0. The van der Waals surface area contributed by atoms with Gasteiger partial charge in [-0.25, -0.2) is 18.1 Å². The minimum Gasteiger partial charge on any atom is -0.464 e. The van der Waals surface area contributed by atoms with E-state index in [1.54, 1.807) is 35.7 Å². The van der Waals surface area contributed by atoms with Crippen molar-refractivity contribution in [2.45, 2.75) is 17.7 Å². The molecule has 0 unspecified atom stereocenters. The van der Waals surface area contributed by atoms with Crippen LogP contribution in [0.1, 0.15) is 12.6 Å². The van der Waals surface area contributed by atoms with Gasteiger partial charge < -0.3 is 10.1 Å². The number of nitrogens with zero attached hydrogens (tertiary/aromatic N) is 1. The van der Waals surface area contributed by atoms with Crippen molar-refractivity contribution in [1.82, 2.24) is 9.71 Å². The number of esters is 1. The van der Waals surface area contributed by atoms with Gasteiger partial charge in [0, 0.05) is 6.92 Å². The molecule has 0 fully saturated rings. The lowest BCUT2D eigenvalue weighted by atomic mass is 10.3. The Hall–Kier alpha value is -1.97. The number of sulfonamides is 1. The van der Waals surface area contributed by atoms with Crippen molar-refractivity contribution in [3.63, 3.8) is 0 Å². The third-order valence-corrected chi connectivity index (χ3v) is 5.52. The Morgan fingerprint density at radius 1 is 1.30 bits per heavy atom. The van der Waals surface area contributed by atoms with Gasteiger partial charge in [0.25, 0.3) is 0 Å². The second-order valence-corrected chi connectivity index (χ2v) is 7.48. The lowest BCUT2D eigenvalue weighted by molar-refractivity contribution is -0.140. The molecule has 2 aromatic heterocycles. The van der Waals surface area contributed by atoms with Gasteiger partial charge >= 0.3 is 5.97 Å². The van der Waals surface area contributed by atoms with Gasteiger partial charge in [-0.3, -0.25) is 4.79 Å². The quantitative estimate of drug-likeness (QED) is 0.551. The van der Waals surface area contributed by atoms with Gasteiger partial charge in [-0.2, -0.15) is 0 Å². The number of thiophene rings is 1. The molecule has 0 saturated heterocycles. The molecule has 0 radical (unpaired) electrons. The third kappa shape index (κ3) is 5.62. The summed E-state index contributed by atoms with van der Waals surface area (Å²) in [5.41, 5.74) is 0.586. The number of hydrogen-bond acceptors (Lipinski definition) is 7. The van der Waals surface area contributed by atoms with Gasteiger partial charge in [0.05, 0.1) is 18.8 Å². The van der Waals surface area contributed by atoms with E-state index >= 15 is 0 Å². The normalized spacial score (nSPS) is 11.2. The van der Waals surface area contributed by atoms with Crippen LogP contribution in [-0.2, 0) is 26.1 Å². The summed E-state index contributed by atoms with van der Waals surface area (Å²) in [5.74, 6) is 0.251. The summed E-state index contributed by atoms with van der Waals surface area (Å²) in [6.07, 6.45) is 0. The fourth-order valence-electron chi connectivity index (χ4n) is 1.71. The molecule has 0 aromatic carbocycles. The molecule has 0 amide bonds. The zero-order valence-electron chi connectivity index (χ0n) is 12.5. The van der Waals surface area contributed by atoms with E-state index in [1.807, 2.05) is 0 Å². The molecule has 2 heterocycles. The Labute approximate surface area is 138 Å². The van der Waals surface area contributed by atoms with E-state index in [4.69, 9.17) is 4.74 Å². The van der Waals surface area contributed by atoms with Crippen molar-refractivity contribution >= 4 is 33.1 Å². The lowest BCUT2D eigenvalue weighted by Gasteiger charge is -2.08. The molecule has 23 heavy (non-hydrogen) atoms. The topological polar surface area (TPSA) is 97.4 Å². The number of carbonyl (C=O) groups is 1. The van der Waals surface area contributed by atoms with Crippen molar-refractivity contribution in [3.05, 3.63) is 41.4 Å². The van der Waals surface area contributed by atoms with Crippen LogP contribution in [-0.4, -0.2) is 32.5 Å². The minimum absolute atomic E-state index is 0.0969. The van der Waals surface area contributed by atoms with Crippen LogP contribution in [0, 0.1) is 0 Å². The first-order valence-corrected chi connectivity index (χ1v) is 9.20. The smallest absolute Gasteiger partial charge is 0.302 e. The van der Waals surface area contributed by atoms with Crippen LogP contribution >= 0.6 is 11.3 Å². The molecule has 124 valence electrons. The molecular formula is C14H17N3O4S2. The summed E-state index contributed by atoms with van der Waals surface area (Å²) in [6, 6.07) is 8.49. The highest BCUT2D eigenvalue weighted by Gasteiger charge is 2.14. The second kappa shape index (κ2) is 8.04. The summed E-state index contributed by atoms with van der Waals surface area (Å²) in [4.78, 5) is 15.0. The number of anilines is 1. The molecule has 0 atom stereocenters. The molecule has 2 rings (SSSR count). The van der Waals surface area contributed by atoms with E-state index in [1.165, 1.54) is 6.92 Å². The number of pyridine rings is 1. The fourth-order valence-corrected chi connectivity index (χ4v) is 3.74. The van der Waals surface area contributed by atoms with Gasteiger partial charge in [-0.15, -0.1) is 11.3 Å². The van der Waals surface area contributed by atoms with Crippen LogP contribution < -0.4 is 10.0 Å². The maximum Gasteiger partial charge on any atom is 0.302 e. The van der Waals surface area contributed by atoms with Gasteiger partial charge in [0.2, 0.25) is 10.0 Å². The Morgan fingerprint density at radius 2 is 2.13 bits per heavy atom. The Kier molecular flexibility index (Phi) is 6.08. The molecule has 2 N–H and O–H groups in total. The van der Waals surface area contributed by atoms with Gasteiger partial charge in [-0.1, -0.05) is 12.1 Å². The number of nitrogens with one attached hydrogen (secondary N) is 2. The summed E-state index contributed by atoms with van der Waals surface area (Å²) in [5, 5.41) is 4.71. The number of rotatable bonds is 8. The largest absolute Gasteiger partial charge is 0.464 e. The predicted molar refractivity (Wildman–Crippen MR) is 87.7 cm³/mol. The Morgan fingerprint density at radius 3 is 2.83 bits per heavy atom. The van der Waals surface area contributed by atoms with E-state index in [2.05, 4.69) is 15.0 Å². The SMILES string of the molecule is CC(=O)OCCNc1cccc(CNS(=O)(=O)c2cccs2)n1. The Bertz CT molecular complexity index is 745. The van der Waals surface area contributed by atoms with Gasteiger partial charge in [0.15, 0.2) is 0 Å². The van der Waals surface area contributed by atoms with E-state index < -0.39 is 10.0 Å². The second-order valence-electron chi connectivity index (χ2n) is 4.54. The third-order valence-electron chi connectivity index (χ3n) is 2.72. The Balaban J connectivity index is 1.89. The monoisotopic (exact) mass is 355 g/mol. The van der Waals surface area contributed by atoms with Crippen molar-refractivity contribution in [2.24, 2.45) is 0 Å². The molecule has 0 aliphatic rings. The van der Waals surface area contributed by atoms with Gasteiger partial charge in [-0.05, 0) is 23.6 Å². The van der Waals surface area contributed by atoms with Crippen LogP contribution in [0.15, 0.2) is 39.9 Å². The van der Waals surface area contributed by atoms with E-state index in [0.717, 1.165) is 11.3 Å². The molecule has 0 bridgehead atoms. The average Bonchev–Trinajstić information content (AvgIpc) is 3.05. The van der Waals surface area contributed by atoms with Crippen LogP contribution in [0.4, 0.5) is 5.82 Å². The highest BCUT2D eigenvalue weighted by molar-refractivity contribution is 7.91. The van der Waals surface area contributed by atoms with Crippen LogP contribution in [0.3, 0.4) is 0 Å². The highest BCUT2D eigenvalue weighted by atomic mass is 32.2. The van der Waals surface area contributed by atoms with Crippen molar-refractivity contribution in [1.29, 1.82) is 0 Å². The van der Waals surface area contributed by atoms with Crippen molar-refractivity contribution in [3.8, 4) is 0 Å². The minimum atomic E-state index is -3.51. The zero-order chi connectivity index (χ0) is 16.7. The summed E-state index contributed by atoms with van der Waals surface area (Å²) >= 11 is 1.16. The summed E-state index contributed by atoms with van der Waals surface area (Å²) in [7, 11) is -3.51. The van der Waals surface area contributed by atoms with Crippen molar-refractivity contribution in [2.75, 3.05) is 18.5 Å². The van der Waals surface area contributed by atoms with Gasteiger partial charge in [0.1, 0.15) is 16.6 Å². The maximum atomic E-state index is 12.0. The van der Waals surface area contributed by atoms with E-state index in [-0.39, 0.29) is 23.3 Å². The first-order chi connectivity index (χ1) is 11.0. The number of carbonyl (C=O) groups excluding carboxylic acids is 1. The highest BCUT2D eigenvalue weighted by Crippen LogP contribution is 2.15. The standard InChI is InChI=1S/C14H17N3O4S2/c1-11(18)21-8-7-15-13-5-2-4-12(17-13)10-16-23(19,20)14-6-3-9-22-14/h2-6,9,16H,7-8,10H2,1H3,(H,15,17). The summed E-state index contributed by atoms with van der Waals surface area (Å²) < 4.78 is 31.7. The molecule has 7 nitrogen and oxygen atoms in total. The zero-order valence-corrected chi connectivity index (χ0v) is 14.1. The van der Waals surface area contributed by atoms with Crippen molar-refractivity contribution < 1.29 is 17.9 Å². The number of aromatic nitrogens is 1. The first kappa shape index (κ1) is 17.4. The molecule has 2 aromatic rings. The van der Waals surface area contributed by atoms with E-state index in [9.17, 15) is 13.2 Å². The van der Waals surface area contributed by atoms with Crippen LogP contribution in [0.2, 0.25) is 0 Å². The van der Waals surface area contributed by atoms with Crippen LogP contribution in [0.5, 0.6) is 0 Å². The van der Waals surface area contributed by atoms with Crippen LogP contribution in [0.25, 0.3) is 0 Å².